The van der Waals surface area contributed by atoms with Gasteiger partial charge in [-0.05, 0) is 46.6 Å². The van der Waals surface area contributed by atoms with Gasteiger partial charge in [0.25, 0.3) is 0 Å². The predicted molar refractivity (Wildman–Crippen MR) is 84.1 cm³/mol. The summed E-state index contributed by atoms with van der Waals surface area (Å²) in [6.07, 6.45) is 3.25. The molecule has 0 spiro atoms. The van der Waals surface area contributed by atoms with Crippen LogP contribution in [-0.4, -0.2) is 66.5 Å². The first kappa shape index (κ1) is 17.2. The van der Waals surface area contributed by atoms with E-state index in [9.17, 15) is 9.59 Å². The number of esters is 1. The summed E-state index contributed by atoms with van der Waals surface area (Å²) in [5.74, 6) is -0.478. The third-order valence-electron chi connectivity index (χ3n) is 5.36. The van der Waals surface area contributed by atoms with Crippen molar-refractivity contribution in [3.05, 3.63) is 0 Å². The summed E-state index contributed by atoms with van der Waals surface area (Å²) in [6, 6.07) is 0.313. The van der Waals surface area contributed by atoms with Crippen LogP contribution in [0, 0.1) is 5.92 Å². The molecule has 1 saturated carbocycles. The molecule has 0 aromatic rings. The Morgan fingerprint density at radius 1 is 1.36 bits per heavy atom. The first-order valence-electron chi connectivity index (χ1n) is 8.22. The summed E-state index contributed by atoms with van der Waals surface area (Å²) >= 11 is 0. The molecule has 4 atom stereocenters. The van der Waals surface area contributed by atoms with Gasteiger partial charge in [-0.15, -0.1) is 0 Å². The molecule has 0 bridgehead atoms. The Balaban J connectivity index is 2.14. The zero-order valence-corrected chi connectivity index (χ0v) is 14.1. The number of nitrogens with zero attached hydrogens (tertiary/aromatic N) is 2. The second kappa shape index (κ2) is 6.96. The van der Waals surface area contributed by atoms with Crippen LogP contribution in [0.15, 0.2) is 0 Å². The molecular formula is C16H29N3O3. The Labute approximate surface area is 132 Å². The molecule has 0 unspecified atom stereocenters. The van der Waals surface area contributed by atoms with E-state index >= 15 is 0 Å². The van der Waals surface area contributed by atoms with Crippen molar-refractivity contribution in [2.24, 2.45) is 11.7 Å². The van der Waals surface area contributed by atoms with Crippen LogP contribution in [0.5, 0.6) is 0 Å². The largest absolute Gasteiger partial charge is 0.469 e. The molecule has 0 radical (unpaired) electrons. The molecule has 126 valence electrons. The van der Waals surface area contributed by atoms with E-state index in [0.29, 0.717) is 25.0 Å². The van der Waals surface area contributed by atoms with Crippen LogP contribution < -0.4 is 5.73 Å². The number of likely N-dealkylation sites (tertiary alicyclic amines) is 1. The highest BCUT2D eigenvalue weighted by molar-refractivity contribution is 5.85. The van der Waals surface area contributed by atoms with Crippen molar-refractivity contribution >= 4 is 11.9 Å². The number of rotatable bonds is 4. The molecule has 0 aromatic carbocycles. The van der Waals surface area contributed by atoms with Crippen LogP contribution in [0.4, 0.5) is 0 Å². The van der Waals surface area contributed by atoms with E-state index in [0.717, 1.165) is 19.3 Å². The quantitative estimate of drug-likeness (QED) is 0.769. The average molecular weight is 311 g/mol. The van der Waals surface area contributed by atoms with Crippen LogP contribution in [0.2, 0.25) is 0 Å². The van der Waals surface area contributed by atoms with E-state index in [1.165, 1.54) is 7.11 Å². The van der Waals surface area contributed by atoms with Crippen LogP contribution in [-0.2, 0) is 14.3 Å². The molecular weight excluding hydrogens is 282 g/mol. The van der Waals surface area contributed by atoms with Crippen molar-refractivity contribution < 1.29 is 14.3 Å². The monoisotopic (exact) mass is 311 g/mol. The highest BCUT2D eigenvalue weighted by atomic mass is 16.5. The van der Waals surface area contributed by atoms with E-state index < -0.39 is 6.04 Å². The Morgan fingerprint density at radius 3 is 2.55 bits per heavy atom. The van der Waals surface area contributed by atoms with E-state index in [4.69, 9.17) is 10.5 Å². The van der Waals surface area contributed by atoms with Crippen molar-refractivity contribution in [1.29, 1.82) is 0 Å². The molecule has 2 rings (SSSR count). The number of carbonyl (C=O) groups is 2. The molecule has 22 heavy (non-hydrogen) atoms. The molecule has 6 heteroatoms. The smallest absolute Gasteiger partial charge is 0.310 e. The molecule has 2 N–H and O–H groups in total. The number of nitrogens with two attached hydrogens (primary N) is 1. The second-order valence-electron chi connectivity index (χ2n) is 6.85. The van der Waals surface area contributed by atoms with Crippen LogP contribution in [0.1, 0.15) is 39.5 Å². The summed E-state index contributed by atoms with van der Waals surface area (Å²) in [6.45, 7) is 4.97. The van der Waals surface area contributed by atoms with Crippen molar-refractivity contribution in [3.63, 3.8) is 0 Å². The van der Waals surface area contributed by atoms with E-state index in [1.807, 2.05) is 4.90 Å². The summed E-state index contributed by atoms with van der Waals surface area (Å²) in [5, 5.41) is 0. The summed E-state index contributed by atoms with van der Waals surface area (Å²) in [7, 11) is 3.52. The van der Waals surface area contributed by atoms with Gasteiger partial charge in [0, 0.05) is 24.7 Å². The third kappa shape index (κ3) is 3.27. The van der Waals surface area contributed by atoms with E-state index in [-0.39, 0.29) is 23.8 Å². The zero-order chi connectivity index (χ0) is 16.4. The fourth-order valence-electron chi connectivity index (χ4n) is 3.76. The lowest BCUT2D eigenvalue weighted by Crippen LogP contribution is -2.53. The number of hydrogen-bond acceptors (Lipinski definition) is 5. The maximum atomic E-state index is 12.3. The minimum atomic E-state index is -0.408. The SMILES string of the molecule is COC(=O)[C@@H]1C[C@H](N(C)C(C)C)CC[C@@H]1N1CC[C@H](N)C1=O. The summed E-state index contributed by atoms with van der Waals surface area (Å²) < 4.78 is 5.00. The van der Waals surface area contributed by atoms with Gasteiger partial charge in [-0.3, -0.25) is 9.59 Å². The first-order valence-corrected chi connectivity index (χ1v) is 8.22. The fraction of sp³-hybridized carbons (Fsp3) is 0.875. The molecule has 1 aliphatic heterocycles. The average Bonchev–Trinajstić information content (AvgIpc) is 2.84. The van der Waals surface area contributed by atoms with Gasteiger partial charge < -0.3 is 20.3 Å². The van der Waals surface area contributed by atoms with Gasteiger partial charge >= 0.3 is 5.97 Å². The predicted octanol–water partition coefficient (Wildman–Crippen LogP) is 0.597. The van der Waals surface area contributed by atoms with Crippen molar-refractivity contribution in [2.75, 3.05) is 20.7 Å². The molecule has 1 saturated heterocycles. The Morgan fingerprint density at radius 2 is 2.05 bits per heavy atom. The van der Waals surface area contributed by atoms with Gasteiger partial charge in [0.05, 0.1) is 19.1 Å². The molecule has 1 heterocycles. The van der Waals surface area contributed by atoms with Crippen LogP contribution in [0.3, 0.4) is 0 Å². The number of ether oxygens (including phenoxy) is 1. The molecule has 1 amide bonds. The summed E-state index contributed by atoms with van der Waals surface area (Å²) in [4.78, 5) is 28.6. The highest BCUT2D eigenvalue weighted by Crippen LogP contribution is 2.34. The standard InChI is InChI=1S/C16H29N3O3/c1-10(2)18(3)11-5-6-14(12(9-11)16(21)22-4)19-8-7-13(17)15(19)20/h10-14H,5-9,17H2,1-4H3/t11-,12-,13+,14+/m1/s1. The molecule has 1 aliphatic carbocycles. The second-order valence-corrected chi connectivity index (χ2v) is 6.85. The van der Waals surface area contributed by atoms with Crippen molar-refractivity contribution in [3.8, 4) is 0 Å². The lowest BCUT2D eigenvalue weighted by atomic mass is 9.80. The van der Waals surface area contributed by atoms with Crippen molar-refractivity contribution in [1.82, 2.24) is 9.80 Å². The third-order valence-corrected chi connectivity index (χ3v) is 5.36. The minimum absolute atomic E-state index is 0.0189. The van der Waals surface area contributed by atoms with E-state index in [1.54, 1.807) is 0 Å². The van der Waals surface area contributed by atoms with Gasteiger partial charge in [0.2, 0.25) is 5.91 Å². The molecule has 6 nitrogen and oxygen atoms in total. The molecule has 2 aliphatic rings. The van der Waals surface area contributed by atoms with Gasteiger partial charge in [-0.25, -0.2) is 0 Å². The van der Waals surface area contributed by atoms with Gasteiger partial charge in [0.15, 0.2) is 0 Å². The van der Waals surface area contributed by atoms with Crippen LogP contribution in [0.25, 0.3) is 0 Å². The number of hydrogen-bond donors (Lipinski definition) is 1. The van der Waals surface area contributed by atoms with Crippen LogP contribution >= 0.6 is 0 Å². The Hall–Kier alpha value is -1.14. The fourth-order valence-corrected chi connectivity index (χ4v) is 3.76. The lowest BCUT2D eigenvalue weighted by Gasteiger charge is -2.43. The molecule has 2 fully saturated rings. The van der Waals surface area contributed by atoms with Gasteiger partial charge in [0.1, 0.15) is 0 Å². The number of carbonyl (C=O) groups excluding carboxylic acids is 2. The van der Waals surface area contributed by atoms with Gasteiger partial charge in [-0.2, -0.15) is 0 Å². The summed E-state index contributed by atoms with van der Waals surface area (Å²) in [5.41, 5.74) is 5.83. The van der Waals surface area contributed by atoms with Gasteiger partial charge in [-0.1, -0.05) is 0 Å². The first-order chi connectivity index (χ1) is 10.4. The zero-order valence-electron chi connectivity index (χ0n) is 14.1. The number of amides is 1. The van der Waals surface area contributed by atoms with E-state index in [2.05, 4.69) is 25.8 Å². The van der Waals surface area contributed by atoms with Crippen molar-refractivity contribution in [2.45, 2.75) is 63.7 Å². The highest BCUT2D eigenvalue weighted by Gasteiger charge is 2.44. The maximum Gasteiger partial charge on any atom is 0.310 e. The topological polar surface area (TPSA) is 75.9 Å². The Kier molecular flexibility index (Phi) is 5.45. The number of methoxy groups -OCH3 is 1. The molecule has 0 aromatic heterocycles. The maximum absolute atomic E-state index is 12.3. The Bertz CT molecular complexity index is 427. The normalized spacial score (nSPS) is 32.9. The minimum Gasteiger partial charge on any atom is -0.469 e. The lowest BCUT2D eigenvalue weighted by molar-refractivity contribution is -0.152.